The van der Waals surface area contributed by atoms with E-state index in [9.17, 15) is 14.9 Å². The molecular weight excluding hydrogens is 370 g/mol. The van der Waals surface area contributed by atoms with E-state index in [0.717, 1.165) is 0 Å². The fraction of sp³-hybridized carbons (Fsp3) is 0.429. The number of aromatic nitrogens is 2. The minimum atomic E-state index is -0.386. The van der Waals surface area contributed by atoms with Crippen LogP contribution >= 0.6 is 0 Å². The summed E-state index contributed by atoms with van der Waals surface area (Å²) in [4.78, 5) is 29.4. The first-order chi connectivity index (χ1) is 13.5. The van der Waals surface area contributed by atoms with Crippen LogP contribution in [0, 0.1) is 18.3 Å². The molecule has 1 aromatic heterocycles. The lowest BCUT2D eigenvalue weighted by molar-refractivity contribution is -0.123. The average molecular weight is 397 g/mol. The van der Waals surface area contributed by atoms with Crippen LogP contribution in [-0.2, 0) is 16.1 Å². The zero-order valence-corrected chi connectivity index (χ0v) is 17.7. The molecule has 8 nitrogen and oxygen atoms in total. The third-order valence-corrected chi connectivity index (χ3v) is 4.15. The number of aryl methyl sites for hydroxylation is 1. The number of amides is 1. The van der Waals surface area contributed by atoms with Gasteiger partial charge in [0.05, 0.1) is 17.3 Å². The first kappa shape index (κ1) is 22.1. The van der Waals surface area contributed by atoms with E-state index in [1.807, 2.05) is 27.7 Å². The van der Waals surface area contributed by atoms with E-state index >= 15 is 0 Å². The highest BCUT2D eigenvalue weighted by molar-refractivity contribution is 5.78. The van der Waals surface area contributed by atoms with Crippen molar-refractivity contribution in [1.29, 1.82) is 5.26 Å². The number of hydrogen-bond donors (Lipinski definition) is 2. The first-order valence-electron chi connectivity index (χ1n) is 9.27. The molecule has 0 spiro atoms. The van der Waals surface area contributed by atoms with Crippen molar-refractivity contribution in [3.8, 4) is 17.3 Å². The Morgan fingerprint density at radius 3 is 2.59 bits per heavy atom. The van der Waals surface area contributed by atoms with Crippen LogP contribution in [0.1, 0.15) is 39.1 Å². The molecule has 0 radical (unpaired) electrons. The molecule has 0 fully saturated rings. The summed E-state index contributed by atoms with van der Waals surface area (Å²) in [7, 11) is 1.57. The van der Waals surface area contributed by atoms with Gasteiger partial charge in [-0.15, -0.1) is 0 Å². The predicted molar refractivity (Wildman–Crippen MR) is 111 cm³/mol. The molecule has 2 rings (SSSR count). The number of nitriles is 1. The van der Waals surface area contributed by atoms with E-state index in [1.165, 1.54) is 10.6 Å². The van der Waals surface area contributed by atoms with E-state index < -0.39 is 0 Å². The van der Waals surface area contributed by atoms with Gasteiger partial charge in [-0.05, 0) is 52.8 Å². The number of carbonyl (C=O) groups is 1. The normalized spacial score (nSPS) is 12.2. The number of methoxy groups -OCH3 is 1. The fourth-order valence-corrected chi connectivity index (χ4v) is 2.79. The van der Waals surface area contributed by atoms with Gasteiger partial charge in [-0.1, -0.05) is 0 Å². The van der Waals surface area contributed by atoms with Crippen LogP contribution in [-0.4, -0.2) is 34.3 Å². The second kappa shape index (κ2) is 8.88. The summed E-state index contributed by atoms with van der Waals surface area (Å²) >= 11 is 0. The van der Waals surface area contributed by atoms with Gasteiger partial charge >= 0.3 is 0 Å². The molecular formula is C21H27N5O3. The maximum atomic E-state index is 12.7. The van der Waals surface area contributed by atoms with E-state index in [2.05, 4.69) is 21.7 Å². The molecule has 29 heavy (non-hydrogen) atoms. The molecule has 1 aromatic carbocycles. The van der Waals surface area contributed by atoms with E-state index in [-0.39, 0.29) is 29.8 Å². The summed E-state index contributed by atoms with van der Waals surface area (Å²) in [6.45, 7) is 9.04. The van der Waals surface area contributed by atoms with Crippen LogP contribution in [0.15, 0.2) is 29.1 Å². The van der Waals surface area contributed by atoms with Crippen molar-refractivity contribution >= 4 is 11.6 Å². The van der Waals surface area contributed by atoms with Crippen LogP contribution in [0.5, 0.6) is 0 Å². The second-order valence-corrected chi connectivity index (χ2v) is 7.81. The van der Waals surface area contributed by atoms with Crippen molar-refractivity contribution in [1.82, 2.24) is 14.9 Å². The summed E-state index contributed by atoms with van der Waals surface area (Å²) < 4.78 is 6.58. The molecule has 0 aliphatic carbocycles. The fourth-order valence-electron chi connectivity index (χ4n) is 2.79. The SMILES string of the molecule is COC(C)Nc1cc(C#N)ccc1-c1cc(=O)n(CC(=O)NC(C)(C)C)c(C)n1. The van der Waals surface area contributed by atoms with Gasteiger partial charge < -0.3 is 15.4 Å². The topological polar surface area (TPSA) is 109 Å². The van der Waals surface area contributed by atoms with Crippen molar-refractivity contribution in [3.05, 3.63) is 46.0 Å². The summed E-state index contributed by atoms with van der Waals surface area (Å²) in [5.74, 6) is 0.165. The Morgan fingerprint density at radius 2 is 2.03 bits per heavy atom. The Balaban J connectivity index is 2.43. The molecule has 2 N–H and O–H groups in total. The van der Waals surface area contributed by atoms with E-state index in [4.69, 9.17) is 4.74 Å². The molecule has 1 heterocycles. The lowest BCUT2D eigenvalue weighted by Gasteiger charge is -2.21. The van der Waals surface area contributed by atoms with Gasteiger partial charge in [-0.3, -0.25) is 14.2 Å². The Hall–Kier alpha value is -3.18. The van der Waals surface area contributed by atoms with E-state index in [1.54, 1.807) is 32.2 Å². The van der Waals surface area contributed by atoms with Crippen molar-refractivity contribution in [2.24, 2.45) is 0 Å². The monoisotopic (exact) mass is 397 g/mol. The van der Waals surface area contributed by atoms with Crippen LogP contribution in [0.2, 0.25) is 0 Å². The quantitative estimate of drug-likeness (QED) is 0.725. The van der Waals surface area contributed by atoms with Crippen molar-refractivity contribution < 1.29 is 9.53 Å². The van der Waals surface area contributed by atoms with E-state index in [0.29, 0.717) is 28.3 Å². The van der Waals surface area contributed by atoms with Gasteiger partial charge in [0.25, 0.3) is 5.56 Å². The Kier molecular flexibility index (Phi) is 6.77. The molecule has 8 heteroatoms. The molecule has 1 amide bonds. The maximum Gasteiger partial charge on any atom is 0.254 e. The molecule has 0 aliphatic heterocycles. The minimum absolute atomic E-state index is 0.103. The van der Waals surface area contributed by atoms with Gasteiger partial charge in [-0.25, -0.2) is 4.98 Å². The Bertz CT molecular complexity index is 999. The van der Waals surface area contributed by atoms with Crippen LogP contribution in [0.4, 0.5) is 5.69 Å². The number of carbonyl (C=O) groups excluding carboxylic acids is 1. The van der Waals surface area contributed by atoms with Gasteiger partial charge in [0.1, 0.15) is 18.6 Å². The predicted octanol–water partition coefficient (Wildman–Crippen LogP) is 2.41. The highest BCUT2D eigenvalue weighted by Crippen LogP contribution is 2.28. The number of nitrogens with one attached hydrogen (secondary N) is 2. The standard InChI is InChI=1S/C21H27N5O3/c1-13-23-18(10-20(28)26(13)12-19(27)25-21(3,4)5)16-8-7-15(11-22)9-17(16)24-14(2)29-6/h7-10,14,24H,12H2,1-6H3,(H,25,27). The number of ether oxygens (including phenoxy) is 1. The molecule has 154 valence electrons. The highest BCUT2D eigenvalue weighted by atomic mass is 16.5. The van der Waals surface area contributed by atoms with Gasteiger partial charge in [-0.2, -0.15) is 5.26 Å². The minimum Gasteiger partial charge on any atom is -0.362 e. The average Bonchev–Trinajstić information content (AvgIpc) is 2.62. The molecule has 0 bridgehead atoms. The largest absolute Gasteiger partial charge is 0.362 e. The van der Waals surface area contributed by atoms with Gasteiger partial charge in [0.15, 0.2) is 0 Å². The summed E-state index contributed by atoms with van der Waals surface area (Å²) in [6.07, 6.45) is -0.301. The number of rotatable bonds is 6. The zero-order chi connectivity index (χ0) is 21.8. The third kappa shape index (κ3) is 5.90. The van der Waals surface area contributed by atoms with Crippen molar-refractivity contribution in [3.63, 3.8) is 0 Å². The number of hydrogen-bond acceptors (Lipinski definition) is 6. The van der Waals surface area contributed by atoms with Crippen molar-refractivity contribution in [2.45, 2.75) is 52.9 Å². The van der Waals surface area contributed by atoms with Crippen LogP contribution in [0.3, 0.4) is 0 Å². The Labute approximate surface area is 170 Å². The number of benzene rings is 1. The second-order valence-electron chi connectivity index (χ2n) is 7.81. The van der Waals surface area contributed by atoms with Crippen LogP contribution < -0.4 is 16.2 Å². The highest BCUT2D eigenvalue weighted by Gasteiger charge is 2.17. The molecule has 1 atom stereocenters. The molecule has 0 aliphatic rings. The van der Waals surface area contributed by atoms with Crippen LogP contribution in [0.25, 0.3) is 11.3 Å². The first-order valence-corrected chi connectivity index (χ1v) is 9.27. The van der Waals surface area contributed by atoms with Gasteiger partial charge in [0, 0.05) is 30.0 Å². The molecule has 0 saturated heterocycles. The number of anilines is 1. The lowest BCUT2D eigenvalue weighted by Crippen LogP contribution is -2.43. The molecule has 0 saturated carbocycles. The summed E-state index contributed by atoms with van der Waals surface area (Å²) in [5, 5.41) is 15.2. The Morgan fingerprint density at radius 1 is 1.34 bits per heavy atom. The summed E-state index contributed by atoms with van der Waals surface area (Å²) in [5.41, 5.74) is 1.51. The number of nitrogens with zero attached hydrogens (tertiary/aromatic N) is 3. The third-order valence-electron chi connectivity index (χ3n) is 4.15. The smallest absolute Gasteiger partial charge is 0.254 e. The van der Waals surface area contributed by atoms with Gasteiger partial charge in [0.2, 0.25) is 5.91 Å². The van der Waals surface area contributed by atoms with Crippen molar-refractivity contribution in [2.75, 3.05) is 12.4 Å². The summed E-state index contributed by atoms with van der Waals surface area (Å²) in [6, 6.07) is 8.57. The zero-order valence-electron chi connectivity index (χ0n) is 17.7. The molecule has 1 unspecified atom stereocenters. The lowest BCUT2D eigenvalue weighted by atomic mass is 10.1. The maximum absolute atomic E-state index is 12.7. The molecule has 2 aromatic rings.